The number of rotatable bonds is 7. The Labute approximate surface area is 161 Å². The van der Waals surface area contributed by atoms with Crippen molar-refractivity contribution in [2.24, 2.45) is 0 Å². The minimum Gasteiger partial charge on any atom is -0.508 e. The normalized spacial score (nSPS) is 11.5. The van der Waals surface area contributed by atoms with Crippen LogP contribution < -0.4 is 4.74 Å². The van der Waals surface area contributed by atoms with Crippen LogP contribution in [-0.4, -0.2) is 22.6 Å². The average Bonchev–Trinajstić information content (AvgIpc) is 2.61. The molecule has 0 atom stereocenters. The minimum absolute atomic E-state index is 0.109. The Morgan fingerprint density at radius 2 is 1.63 bits per heavy atom. The molecule has 0 aliphatic carbocycles. The van der Waals surface area contributed by atoms with Crippen LogP contribution in [0.5, 0.6) is 17.2 Å². The summed E-state index contributed by atoms with van der Waals surface area (Å²) in [5, 5.41) is 20.2. The van der Waals surface area contributed by atoms with Gasteiger partial charge in [-0.15, -0.1) is 0 Å². The van der Waals surface area contributed by atoms with Crippen LogP contribution in [0.15, 0.2) is 36.4 Å². The molecule has 0 aliphatic rings. The predicted molar refractivity (Wildman–Crippen MR) is 109 cm³/mol. The van der Waals surface area contributed by atoms with Gasteiger partial charge in [0.15, 0.2) is 5.78 Å². The van der Waals surface area contributed by atoms with Crippen LogP contribution in [-0.2, 0) is 0 Å². The van der Waals surface area contributed by atoms with Gasteiger partial charge in [0, 0.05) is 5.56 Å². The Balaban J connectivity index is 2.55. The number of carbonyl (C=O) groups is 1. The van der Waals surface area contributed by atoms with Crippen molar-refractivity contribution in [1.29, 1.82) is 0 Å². The second kappa shape index (κ2) is 8.76. The molecule has 2 aromatic rings. The summed E-state index contributed by atoms with van der Waals surface area (Å²) in [5.74, 6) is 1.01. The third-order valence-electron chi connectivity index (χ3n) is 4.43. The van der Waals surface area contributed by atoms with E-state index in [0.717, 1.165) is 11.1 Å². The number of hydrogen-bond acceptors (Lipinski definition) is 4. The molecule has 4 heteroatoms. The van der Waals surface area contributed by atoms with E-state index in [-0.39, 0.29) is 29.1 Å². The molecule has 0 saturated carbocycles. The molecule has 2 N–H and O–H groups in total. The largest absolute Gasteiger partial charge is 0.508 e. The number of phenolic OH excluding ortho intramolecular Hbond substituents is 2. The number of ketones is 1. The highest BCUT2D eigenvalue weighted by atomic mass is 16.5. The maximum atomic E-state index is 12.5. The summed E-state index contributed by atoms with van der Waals surface area (Å²) < 4.78 is 5.84. The standard InChI is InChI=1S/C23H28O4/c1-6-27-23-18(11-12-21(25)16-7-9-17(24)10-8-16)22(26)19(14(2)3)13-20(23)15(4)5/h7-15,24,26H,6H2,1-5H3/b12-11+. The van der Waals surface area contributed by atoms with Crippen molar-refractivity contribution in [3.63, 3.8) is 0 Å². The molecule has 2 aromatic carbocycles. The average molecular weight is 368 g/mol. The van der Waals surface area contributed by atoms with Gasteiger partial charge in [-0.2, -0.15) is 0 Å². The summed E-state index contributed by atoms with van der Waals surface area (Å²) in [6, 6.07) is 8.07. The second-order valence-corrected chi connectivity index (χ2v) is 7.13. The molecule has 0 radical (unpaired) electrons. The van der Waals surface area contributed by atoms with Gasteiger partial charge >= 0.3 is 0 Å². The van der Waals surface area contributed by atoms with Crippen molar-refractivity contribution >= 4 is 11.9 Å². The molecular weight excluding hydrogens is 340 g/mol. The first kappa shape index (κ1) is 20.6. The number of phenols is 2. The quantitative estimate of drug-likeness (QED) is 0.490. The van der Waals surface area contributed by atoms with E-state index in [0.29, 0.717) is 23.5 Å². The molecule has 0 fully saturated rings. The predicted octanol–water partition coefficient (Wildman–Crippen LogP) is 5.64. The van der Waals surface area contributed by atoms with E-state index in [1.807, 2.05) is 26.8 Å². The Hall–Kier alpha value is -2.75. The van der Waals surface area contributed by atoms with E-state index in [1.165, 1.54) is 18.2 Å². The summed E-state index contributed by atoms with van der Waals surface area (Å²) in [6.07, 6.45) is 3.05. The molecule has 0 amide bonds. The van der Waals surface area contributed by atoms with Gasteiger partial charge in [0.2, 0.25) is 0 Å². The highest BCUT2D eigenvalue weighted by molar-refractivity contribution is 6.07. The highest BCUT2D eigenvalue weighted by Crippen LogP contribution is 2.42. The molecular formula is C23H28O4. The van der Waals surface area contributed by atoms with Crippen LogP contribution in [0.4, 0.5) is 0 Å². The van der Waals surface area contributed by atoms with E-state index in [2.05, 4.69) is 13.8 Å². The van der Waals surface area contributed by atoms with Gasteiger partial charge in [0.05, 0.1) is 12.2 Å². The molecule has 0 aromatic heterocycles. The topological polar surface area (TPSA) is 66.8 Å². The van der Waals surface area contributed by atoms with E-state index in [9.17, 15) is 15.0 Å². The van der Waals surface area contributed by atoms with Crippen LogP contribution in [0.25, 0.3) is 6.08 Å². The molecule has 0 heterocycles. The van der Waals surface area contributed by atoms with Gasteiger partial charge in [-0.05, 0) is 72.4 Å². The van der Waals surface area contributed by atoms with Gasteiger partial charge in [-0.25, -0.2) is 0 Å². The van der Waals surface area contributed by atoms with Crippen LogP contribution in [0.1, 0.15) is 73.5 Å². The second-order valence-electron chi connectivity index (χ2n) is 7.13. The molecule has 4 nitrogen and oxygen atoms in total. The monoisotopic (exact) mass is 368 g/mol. The molecule has 0 spiro atoms. The first-order valence-electron chi connectivity index (χ1n) is 9.30. The van der Waals surface area contributed by atoms with Crippen molar-refractivity contribution in [1.82, 2.24) is 0 Å². The Morgan fingerprint density at radius 3 is 2.15 bits per heavy atom. The first-order chi connectivity index (χ1) is 12.8. The Bertz CT molecular complexity index is 830. The lowest BCUT2D eigenvalue weighted by molar-refractivity contribution is 0.104. The van der Waals surface area contributed by atoms with Crippen molar-refractivity contribution in [3.05, 3.63) is 58.7 Å². The minimum atomic E-state index is -0.210. The first-order valence-corrected chi connectivity index (χ1v) is 9.30. The SMILES string of the molecule is CCOc1c(C(C)C)cc(C(C)C)c(O)c1/C=C/C(=O)c1ccc(O)cc1. The number of hydrogen-bond donors (Lipinski definition) is 2. The summed E-state index contributed by atoms with van der Waals surface area (Å²) in [6.45, 7) is 10.6. The number of ether oxygens (including phenoxy) is 1. The maximum Gasteiger partial charge on any atom is 0.185 e. The highest BCUT2D eigenvalue weighted by Gasteiger charge is 2.20. The third-order valence-corrected chi connectivity index (χ3v) is 4.43. The smallest absolute Gasteiger partial charge is 0.185 e. The number of aromatic hydroxyl groups is 2. The number of allylic oxidation sites excluding steroid dienone is 1. The summed E-state index contributed by atoms with van der Waals surface area (Å²) in [7, 11) is 0. The lowest BCUT2D eigenvalue weighted by Gasteiger charge is -2.21. The summed E-state index contributed by atoms with van der Waals surface area (Å²) in [5.41, 5.74) is 2.83. The van der Waals surface area contributed by atoms with Crippen molar-refractivity contribution in [2.45, 2.75) is 46.5 Å². The van der Waals surface area contributed by atoms with Gasteiger partial charge < -0.3 is 14.9 Å². The fourth-order valence-corrected chi connectivity index (χ4v) is 2.93. The molecule has 2 rings (SSSR count). The van der Waals surface area contributed by atoms with E-state index in [4.69, 9.17) is 4.74 Å². The third kappa shape index (κ3) is 4.70. The molecule has 0 aliphatic heterocycles. The fourth-order valence-electron chi connectivity index (χ4n) is 2.93. The van der Waals surface area contributed by atoms with E-state index in [1.54, 1.807) is 18.2 Å². The molecule has 0 bridgehead atoms. The van der Waals surface area contributed by atoms with Crippen molar-refractivity contribution < 1.29 is 19.7 Å². The van der Waals surface area contributed by atoms with Gasteiger partial charge in [0.25, 0.3) is 0 Å². The van der Waals surface area contributed by atoms with Gasteiger partial charge in [0.1, 0.15) is 17.2 Å². The molecule has 0 saturated heterocycles. The lowest BCUT2D eigenvalue weighted by Crippen LogP contribution is -2.04. The maximum absolute atomic E-state index is 12.5. The van der Waals surface area contributed by atoms with E-state index >= 15 is 0 Å². The molecule has 0 unspecified atom stereocenters. The Kier molecular flexibility index (Phi) is 6.67. The number of carbonyl (C=O) groups excluding carboxylic acids is 1. The zero-order chi connectivity index (χ0) is 20.1. The van der Waals surface area contributed by atoms with Crippen LogP contribution in [0.3, 0.4) is 0 Å². The Morgan fingerprint density at radius 1 is 1.04 bits per heavy atom. The van der Waals surface area contributed by atoms with Crippen LogP contribution >= 0.6 is 0 Å². The molecule has 144 valence electrons. The van der Waals surface area contributed by atoms with E-state index < -0.39 is 0 Å². The zero-order valence-corrected chi connectivity index (χ0v) is 16.6. The number of benzene rings is 2. The van der Waals surface area contributed by atoms with Crippen molar-refractivity contribution in [3.8, 4) is 17.2 Å². The van der Waals surface area contributed by atoms with Gasteiger partial charge in [-0.3, -0.25) is 4.79 Å². The summed E-state index contributed by atoms with van der Waals surface area (Å²) >= 11 is 0. The van der Waals surface area contributed by atoms with Crippen LogP contribution in [0, 0.1) is 0 Å². The molecule has 27 heavy (non-hydrogen) atoms. The summed E-state index contributed by atoms with van der Waals surface area (Å²) in [4.78, 5) is 12.5. The van der Waals surface area contributed by atoms with Crippen LogP contribution in [0.2, 0.25) is 0 Å². The lowest BCUT2D eigenvalue weighted by atomic mass is 9.90. The zero-order valence-electron chi connectivity index (χ0n) is 16.6. The van der Waals surface area contributed by atoms with Crippen molar-refractivity contribution in [2.75, 3.05) is 6.61 Å². The fraction of sp³-hybridized carbons (Fsp3) is 0.348. The van der Waals surface area contributed by atoms with Gasteiger partial charge in [-0.1, -0.05) is 27.7 Å².